The third-order valence-electron chi connectivity index (χ3n) is 3.43. The smallest absolute Gasteiger partial charge is 0.255 e. The highest BCUT2D eigenvalue weighted by Gasteiger charge is 2.08. The number of amides is 1. The Kier molecular flexibility index (Phi) is 6.19. The summed E-state index contributed by atoms with van der Waals surface area (Å²) in [5.41, 5.74) is 1.48. The lowest BCUT2D eigenvalue weighted by atomic mass is 10.1. The third-order valence-corrected chi connectivity index (χ3v) is 3.43. The normalized spacial score (nSPS) is 9.91. The predicted molar refractivity (Wildman–Crippen MR) is 90.6 cm³/mol. The van der Waals surface area contributed by atoms with Crippen molar-refractivity contribution in [3.63, 3.8) is 0 Å². The first-order valence-electron chi connectivity index (χ1n) is 7.78. The van der Waals surface area contributed by atoms with Gasteiger partial charge in [0.2, 0.25) is 0 Å². The molecule has 1 N–H and O–H groups in total. The van der Waals surface area contributed by atoms with Crippen LogP contribution in [0, 0.1) is 11.3 Å². The summed E-state index contributed by atoms with van der Waals surface area (Å²) < 4.78 is 5.62. The molecule has 2 aromatic rings. The molecule has 0 fully saturated rings. The zero-order valence-corrected chi connectivity index (χ0v) is 13.2. The maximum Gasteiger partial charge on any atom is 0.255 e. The summed E-state index contributed by atoms with van der Waals surface area (Å²) in [6.45, 7) is 2.84. The van der Waals surface area contributed by atoms with E-state index in [9.17, 15) is 4.79 Å². The molecule has 0 aliphatic carbocycles. The highest BCUT2D eigenvalue weighted by molar-refractivity contribution is 6.04. The van der Waals surface area contributed by atoms with E-state index in [-0.39, 0.29) is 5.91 Å². The van der Waals surface area contributed by atoms with Crippen molar-refractivity contribution in [2.45, 2.75) is 26.2 Å². The average Bonchev–Trinajstić information content (AvgIpc) is 2.59. The average molecular weight is 308 g/mol. The van der Waals surface area contributed by atoms with Crippen LogP contribution in [0.2, 0.25) is 0 Å². The minimum absolute atomic E-state index is 0.245. The van der Waals surface area contributed by atoms with Crippen molar-refractivity contribution in [3.8, 4) is 11.8 Å². The van der Waals surface area contributed by atoms with E-state index in [1.807, 2.05) is 0 Å². The number of rotatable bonds is 7. The van der Waals surface area contributed by atoms with Gasteiger partial charge in [-0.1, -0.05) is 31.9 Å². The van der Waals surface area contributed by atoms with E-state index in [0.29, 0.717) is 23.4 Å². The number of ether oxygens (including phenoxy) is 1. The zero-order valence-electron chi connectivity index (χ0n) is 13.2. The Morgan fingerprint density at radius 1 is 1.13 bits per heavy atom. The van der Waals surface area contributed by atoms with Crippen LogP contribution in [0.15, 0.2) is 48.5 Å². The monoisotopic (exact) mass is 308 g/mol. The number of benzene rings is 2. The summed E-state index contributed by atoms with van der Waals surface area (Å²) in [7, 11) is 0. The first-order valence-corrected chi connectivity index (χ1v) is 7.78. The van der Waals surface area contributed by atoms with Crippen molar-refractivity contribution in [1.29, 1.82) is 5.26 Å². The molecule has 0 heterocycles. The SMILES string of the molecule is CCCCCOc1ccc(C(=O)Nc2ccccc2C#N)cc1. The van der Waals surface area contributed by atoms with Crippen LogP contribution in [0.25, 0.3) is 0 Å². The second kappa shape index (κ2) is 8.60. The Bertz CT molecular complexity index is 687. The van der Waals surface area contributed by atoms with Crippen LogP contribution in [-0.4, -0.2) is 12.5 Å². The van der Waals surface area contributed by atoms with Gasteiger partial charge in [-0.05, 0) is 42.8 Å². The molecule has 0 atom stereocenters. The van der Waals surface area contributed by atoms with Gasteiger partial charge in [0.05, 0.1) is 17.9 Å². The number of nitrogens with zero attached hydrogens (tertiary/aromatic N) is 1. The molecule has 0 saturated heterocycles. The Hall–Kier alpha value is -2.80. The lowest BCUT2D eigenvalue weighted by molar-refractivity contribution is 0.102. The Morgan fingerprint density at radius 3 is 2.57 bits per heavy atom. The highest BCUT2D eigenvalue weighted by atomic mass is 16.5. The van der Waals surface area contributed by atoms with Gasteiger partial charge in [0, 0.05) is 5.56 Å². The van der Waals surface area contributed by atoms with Gasteiger partial charge in [-0.25, -0.2) is 0 Å². The van der Waals surface area contributed by atoms with Gasteiger partial charge in [-0.2, -0.15) is 5.26 Å². The van der Waals surface area contributed by atoms with Gasteiger partial charge in [-0.3, -0.25) is 4.79 Å². The predicted octanol–water partition coefficient (Wildman–Crippen LogP) is 4.38. The largest absolute Gasteiger partial charge is 0.494 e. The van der Waals surface area contributed by atoms with Crippen LogP contribution in [-0.2, 0) is 0 Å². The second-order valence-electron chi connectivity index (χ2n) is 5.19. The van der Waals surface area contributed by atoms with Crippen molar-refractivity contribution >= 4 is 11.6 Å². The van der Waals surface area contributed by atoms with E-state index in [0.717, 1.165) is 25.0 Å². The molecule has 0 aromatic heterocycles. The summed E-state index contributed by atoms with van der Waals surface area (Å²) in [5, 5.41) is 11.8. The molecular formula is C19H20N2O2. The summed E-state index contributed by atoms with van der Waals surface area (Å²) in [6, 6.07) is 16.0. The fraction of sp³-hybridized carbons (Fsp3) is 0.263. The zero-order chi connectivity index (χ0) is 16.5. The van der Waals surface area contributed by atoms with Crippen LogP contribution in [0.3, 0.4) is 0 Å². The summed E-state index contributed by atoms with van der Waals surface area (Å²) >= 11 is 0. The van der Waals surface area contributed by atoms with Crippen LogP contribution < -0.4 is 10.1 Å². The molecular weight excluding hydrogens is 288 g/mol. The number of para-hydroxylation sites is 1. The molecule has 4 nitrogen and oxygen atoms in total. The van der Waals surface area contributed by atoms with Crippen LogP contribution in [0.5, 0.6) is 5.75 Å². The molecule has 118 valence electrons. The molecule has 4 heteroatoms. The molecule has 0 spiro atoms. The van der Waals surface area contributed by atoms with Crippen LogP contribution in [0.4, 0.5) is 5.69 Å². The van der Waals surface area contributed by atoms with E-state index >= 15 is 0 Å². The van der Waals surface area contributed by atoms with Crippen molar-refractivity contribution in [2.24, 2.45) is 0 Å². The van der Waals surface area contributed by atoms with Crippen LogP contribution in [0.1, 0.15) is 42.1 Å². The van der Waals surface area contributed by atoms with Crippen molar-refractivity contribution in [2.75, 3.05) is 11.9 Å². The van der Waals surface area contributed by atoms with Gasteiger partial charge >= 0.3 is 0 Å². The molecule has 0 aliphatic rings. The number of nitrogens with one attached hydrogen (secondary N) is 1. The molecule has 0 aliphatic heterocycles. The topological polar surface area (TPSA) is 62.1 Å². The van der Waals surface area contributed by atoms with Crippen LogP contribution >= 0.6 is 0 Å². The second-order valence-corrected chi connectivity index (χ2v) is 5.19. The standard InChI is InChI=1S/C19H20N2O2/c1-2-3-6-13-23-17-11-9-15(10-12-17)19(22)21-18-8-5-4-7-16(18)14-20/h4-5,7-12H,2-3,6,13H2,1H3,(H,21,22). The molecule has 0 unspecified atom stereocenters. The molecule has 0 bridgehead atoms. The summed E-state index contributed by atoms with van der Waals surface area (Å²) in [4.78, 5) is 12.2. The van der Waals surface area contributed by atoms with Gasteiger partial charge in [0.15, 0.2) is 0 Å². The number of hydrogen-bond donors (Lipinski definition) is 1. The maximum atomic E-state index is 12.2. The van der Waals surface area contributed by atoms with E-state index in [1.165, 1.54) is 0 Å². The van der Waals surface area contributed by atoms with Gasteiger partial charge in [-0.15, -0.1) is 0 Å². The lowest BCUT2D eigenvalue weighted by Crippen LogP contribution is -2.12. The van der Waals surface area contributed by atoms with Gasteiger partial charge in [0.25, 0.3) is 5.91 Å². The fourth-order valence-electron chi connectivity index (χ4n) is 2.13. The minimum Gasteiger partial charge on any atom is -0.494 e. The first-order chi connectivity index (χ1) is 11.2. The lowest BCUT2D eigenvalue weighted by Gasteiger charge is -2.08. The van der Waals surface area contributed by atoms with E-state index < -0.39 is 0 Å². The quantitative estimate of drug-likeness (QED) is 0.772. The van der Waals surface area contributed by atoms with E-state index in [4.69, 9.17) is 10.00 Å². The number of carbonyl (C=O) groups excluding carboxylic acids is 1. The number of nitriles is 1. The number of anilines is 1. The Balaban J connectivity index is 1.96. The third kappa shape index (κ3) is 4.86. The minimum atomic E-state index is -0.245. The number of hydrogen-bond acceptors (Lipinski definition) is 3. The van der Waals surface area contributed by atoms with Crippen molar-refractivity contribution < 1.29 is 9.53 Å². The van der Waals surface area contributed by atoms with Crippen molar-refractivity contribution in [1.82, 2.24) is 0 Å². The molecule has 2 aromatic carbocycles. The Labute approximate surface area is 136 Å². The summed E-state index contributed by atoms with van der Waals surface area (Å²) in [5.74, 6) is 0.514. The molecule has 23 heavy (non-hydrogen) atoms. The number of carbonyl (C=O) groups is 1. The summed E-state index contributed by atoms with van der Waals surface area (Å²) in [6.07, 6.45) is 3.34. The fourth-order valence-corrected chi connectivity index (χ4v) is 2.13. The van der Waals surface area contributed by atoms with E-state index in [1.54, 1.807) is 48.5 Å². The van der Waals surface area contributed by atoms with E-state index in [2.05, 4.69) is 18.3 Å². The van der Waals surface area contributed by atoms with Crippen molar-refractivity contribution in [3.05, 3.63) is 59.7 Å². The Morgan fingerprint density at radius 2 is 1.87 bits per heavy atom. The first kappa shape index (κ1) is 16.6. The molecule has 2 rings (SSSR count). The highest BCUT2D eigenvalue weighted by Crippen LogP contribution is 2.17. The maximum absolute atomic E-state index is 12.2. The van der Waals surface area contributed by atoms with Gasteiger partial charge < -0.3 is 10.1 Å². The molecule has 0 saturated carbocycles. The number of unbranched alkanes of at least 4 members (excludes halogenated alkanes) is 2. The van der Waals surface area contributed by atoms with Gasteiger partial charge in [0.1, 0.15) is 11.8 Å². The molecule has 1 amide bonds. The molecule has 0 radical (unpaired) electrons.